The third kappa shape index (κ3) is 3.60. The van der Waals surface area contributed by atoms with Gasteiger partial charge in [-0.25, -0.2) is 4.68 Å². The van der Waals surface area contributed by atoms with Gasteiger partial charge in [0.05, 0.1) is 17.8 Å². The predicted octanol–water partition coefficient (Wildman–Crippen LogP) is 1.47. The van der Waals surface area contributed by atoms with E-state index >= 15 is 0 Å². The monoisotopic (exact) mass is 381 g/mol. The molecule has 0 radical (unpaired) electrons. The second-order valence-electron chi connectivity index (χ2n) is 7.00. The highest BCUT2D eigenvalue weighted by Crippen LogP contribution is 2.17. The molecule has 4 heterocycles. The van der Waals surface area contributed by atoms with Crippen LogP contribution in [-0.4, -0.2) is 62.1 Å². The molecule has 3 aromatic heterocycles. The van der Waals surface area contributed by atoms with E-state index in [1.165, 1.54) is 0 Å². The molecule has 0 unspecified atom stereocenters. The number of rotatable bonds is 4. The summed E-state index contributed by atoms with van der Waals surface area (Å²) in [6.07, 6.45) is 2.20. The van der Waals surface area contributed by atoms with Crippen molar-refractivity contribution in [2.24, 2.45) is 0 Å². The smallest absolute Gasteiger partial charge is 0.227 e. The van der Waals surface area contributed by atoms with Gasteiger partial charge in [-0.05, 0) is 39.0 Å². The molecule has 1 saturated heterocycles. The minimum Gasteiger partial charge on any atom is -0.361 e. The maximum Gasteiger partial charge on any atom is 0.227 e. The number of carbonyl (C=O) groups excluding carboxylic acids is 1. The predicted molar refractivity (Wildman–Crippen MR) is 102 cm³/mol. The molecular weight excluding hydrogens is 358 g/mol. The van der Waals surface area contributed by atoms with Crippen molar-refractivity contribution < 1.29 is 9.32 Å². The summed E-state index contributed by atoms with van der Waals surface area (Å²) in [5, 5.41) is 16.9. The van der Waals surface area contributed by atoms with Crippen molar-refractivity contribution in [3.8, 4) is 5.82 Å². The fourth-order valence-corrected chi connectivity index (χ4v) is 3.35. The van der Waals surface area contributed by atoms with Crippen molar-refractivity contribution in [3.05, 3.63) is 47.1 Å². The van der Waals surface area contributed by atoms with Gasteiger partial charge in [-0.3, -0.25) is 4.79 Å². The lowest BCUT2D eigenvalue weighted by Crippen LogP contribution is -2.49. The Kier molecular flexibility index (Phi) is 4.81. The first-order valence-electron chi connectivity index (χ1n) is 9.32. The highest BCUT2D eigenvalue weighted by Gasteiger charge is 2.24. The van der Waals surface area contributed by atoms with E-state index in [-0.39, 0.29) is 5.91 Å². The molecule has 0 bridgehead atoms. The topological polar surface area (TPSA) is 93.2 Å². The minimum absolute atomic E-state index is 0.101. The molecule has 9 heteroatoms. The van der Waals surface area contributed by atoms with E-state index in [1.54, 1.807) is 4.68 Å². The summed E-state index contributed by atoms with van der Waals surface area (Å²) in [4.78, 5) is 16.6. The zero-order valence-corrected chi connectivity index (χ0v) is 16.3. The van der Waals surface area contributed by atoms with Crippen molar-refractivity contribution in [2.75, 3.05) is 31.1 Å². The molecule has 0 saturated carbocycles. The third-order valence-electron chi connectivity index (χ3n) is 5.06. The van der Waals surface area contributed by atoms with Gasteiger partial charge < -0.3 is 14.3 Å². The van der Waals surface area contributed by atoms with Crippen LogP contribution >= 0.6 is 0 Å². The largest absolute Gasteiger partial charge is 0.361 e. The van der Waals surface area contributed by atoms with Gasteiger partial charge in [0.25, 0.3) is 0 Å². The van der Waals surface area contributed by atoms with Crippen LogP contribution < -0.4 is 4.90 Å². The number of anilines is 1. The summed E-state index contributed by atoms with van der Waals surface area (Å²) in [6.45, 7) is 8.40. The number of aryl methyl sites for hydroxylation is 3. The molecule has 28 heavy (non-hydrogen) atoms. The molecule has 146 valence electrons. The van der Waals surface area contributed by atoms with Crippen LogP contribution in [0.1, 0.15) is 22.7 Å². The van der Waals surface area contributed by atoms with Crippen LogP contribution in [0.4, 0.5) is 5.82 Å². The highest BCUT2D eigenvalue weighted by atomic mass is 16.5. The molecule has 0 N–H and O–H groups in total. The van der Waals surface area contributed by atoms with E-state index in [2.05, 4.69) is 25.4 Å². The van der Waals surface area contributed by atoms with E-state index < -0.39 is 0 Å². The summed E-state index contributed by atoms with van der Waals surface area (Å²) in [6, 6.07) is 5.78. The SMILES string of the molecule is Cc1ccn(-c2ccc(N3CCN(C(=O)Cc4c(C)noc4C)CC3)nn2)n1. The maximum atomic E-state index is 12.6. The second-order valence-corrected chi connectivity index (χ2v) is 7.00. The van der Waals surface area contributed by atoms with Crippen LogP contribution in [0.5, 0.6) is 0 Å². The molecule has 0 aromatic carbocycles. The first-order valence-corrected chi connectivity index (χ1v) is 9.32. The number of nitrogens with zero attached hydrogens (tertiary/aromatic N) is 7. The second kappa shape index (κ2) is 7.41. The third-order valence-corrected chi connectivity index (χ3v) is 5.06. The van der Waals surface area contributed by atoms with E-state index in [1.807, 2.05) is 50.1 Å². The highest BCUT2D eigenvalue weighted by molar-refractivity contribution is 5.79. The zero-order chi connectivity index (χ0) is 19.7. The van der Waals surface area contributed by atoms with Gasteiger partial charge in [-0.1, -0.05) is 5.16 Å². The van der Waals surface area contributed by atoms with E-state index in [9.17, 15) is 4.79 Å². The number of aromatic nitrogens is 5. The van der Waals surface area contributed by atoms with Crippen LogP contribution in [0.3, 0.4) is 0 Å². The molecule has 3 aromatic rings. The molecule has 1 fully saturated rings. The Labute approximate surface area is 162 Å². The first-order chi connectivity index (χ1) is 13.5. The van der Waals surface area contributed by atoms with Gasteiger partial charge >= 0.3 is 0 Å². The average Bonchev–Trinajstić information content (AvgIpc) is 3.29. The van der Waals surface area contributed by atoms with E-state index in [4.69, 9.17) is 4.52 Å². The van der Waals surface area contributed by atoms with Crippen LogP contribution in [-0.2, 0) is 11.2 Å². The Bertz CT molecular complexity index is 949. The average molecular weight is 381 g/mol. The molecule has 1 aliphatic rings. The Hall–Kier alpha value is -3.23. The van der Waals surface area contributed by atoms with Gasteiger partial charge in [0.15, 0.2) is 11.6 Å². The molecule has 9 nitrogen and oxygen atoms in total. The summed E-state index contributed by atoms with van der Waals surface area (Å²) >= 11 is 0. The summed E-state index contributed by atoms with van der Waals surface area (Å²) in [7, 11) is 0. The number of hydrogen-bond donors (Lipinski definition) is 0. The van der Waals surface area contributed by atoms with E-state index in [0.717, 1.165) is 35.9 Å². The molecule has 0 atom stereocenters. The standard InChI is InChI=1S/C19H23N7O2/c1-13-6-7-26(22-13)18-5-4-17(20-21-18)24-8-10-25(11-9-24)19(27)12-16-14(2)23-28-15(16)3/h4-7H,8-12H2,1-3H3. The molecular formula is C19H23N7O2. The first kappa shape index (κ1) is 18.1. The van der Waals surface area contributed by atoms with Gasteiger partial charge in [-0.15, -0.1) is 10.2 Å². The Morgan fingerprint density at radius 3 is 2.32 bits per heavy atom. The normalized spacial score (nSPS) is 14.5. The lowest BCUT2D eigenvalue weighted by Gasteiger charge is -2.35. The van der Waals surface area contributed by atoms with Gasteiger partial charge in [-0.2, -0.15) is 5.10 Å². The number of hydrogen-bond acceptors (Lipinski definition) is 7. The van der Waals surface area contributed by atoms with Crippen molar-refractivity contribution in [2.45, 2.75) is 27.2 Å². The Balaban J connectivity index is 1.35. The Morgan fingerprint density at radius 1 is 1.04 bits per heavy atom. The Morgan fingerprint density at radius 2 is 1.75 bits per heavy atom. The van der Waals surface area contributed by atoms with Gasteiger partial charge in [0.2, 0.25) is 5.91 Å². The van der Waals surface area contributed by atoms with Crippen molar-refractivity contribution in [1.82, 2.24) is 30.0 Å². The summed E-state index contributed by atoms with van der Waals surface area (Å²) in [5.41, 5.74) is 2.61. The van der Waals surface area contributed by atoms with Crippen molar-refractivity contribution in [3.63, 3.8) is 0 Å². The zero-order valence-electron chi connectivity index (χ0n) is 16.3. The number of amides is 1. The van der Waals surface area contributed by atoms with Crippen LogP contribution in [0.25, 0.3) is 5.82 Å². The van der Waals surface area contributed by atoms with Gasteiger partial charge in [0, 0.05) is 37.9 Å². The molecule has 0 spiro atoms. The quantitative estimate of drug-likeness (QED) is 0.675. The van der Waals surface area contributed by atoms with Crippen LogP contribution in [0.15, 0.2) is 28.9 Å². The molecule has 4 rings (SSSR count). The van der Waals surface area contributed by atoms with Crippen molar-refractivity contribution >= 4 is 11.7 Å². The number of piperazine rings is 1. The van der Waals surface area contributed by atoms with Crippen LogP contribution in [0, 0.1) is 20.8 Å². The molecule has 1 amide bonds. The van der Waals surface area contributed by atoms with E-state index in [0.29, 0.717) is 31.1 Å². The van der Waals surface area contributed by atoms with Crippen LogP contribution in [0.2, 0.25) is 0 Å². The summed E-state index contributed by atoms with van der Waals surface area (Å²) < 4.78 is 6.86. The molecule has 0 aliphatic carbocycles. The minimum atomic E-state index is 0.101. The molecule has 1 aliphatic heterocycles. The lowest BCUT2D eigenvalue weighted by atomic mass is 10.1. The maximum absolute atomic E-state index is 12.6. The fraction of sp³-hybridized carbons (Fsp3) is 0.421. The summed E-state index contributed by atoms with van der Waals surface area (Å²) in [5.74, 6) is 2.31. The fourth-order valence-electron chi connectivity index (χ4n) is 3.35. The number of carbonyl (C=O) groups is 1. The van der Waals surface area contributed by atoms with Crippen molar-refractivity contribution in [1.29, 1.82) is 0 Å². The van der Waals surface area contributed by atoms with Gasteiger partial charge in [0.1, 0.15) is 5.76 Å². The lowest BCUT2D eigenvalue weighted by molar-refractivity contribution is -0.130.